The van der Waals surface area contributed by atoms with Gasteiger partial charge in [-0.25, -0.2) is 0 Å². The first-order chi connectivity index (χ1) is 13.0. The molecule has 0 aliphatic rings. The summed E-state index contributed by atoms with van der Waals surface area (Å²) in [6.45, 7) is 0.250. The van der Waals surface area contributed by atoms with Crippen molar-refractivity contribution in [2.45, 2.75) is 12.8 Å². The maximum atomic E-state index is 12.8. The Labute approximate surface area is 152 Å². The molecule has 0 saturated carbocycles. The van der Waals surface area contributed by atoms with Crippen molar-refractivity contribution in [2.75, 3.05) is 20.3 Å². The van der Waals surface area contributed by atoms with E-state index in [9.17, 15) is 20.0 Å². The first-order valence-corrected chi connectivity index (χ1v) is 8.18. The smallest absolute Gasteiger partial charge is 0.294 e. The molecule has 3 aromatic rings. The number of aromatic hydroxyl groups is 1. The lowest BCUT2D eigenvalue weighted by Gasteiger charge is -2.10. The Hall–Kier alpha value is -3.49. The second-order valence-corrected chi connectivity index (χ2v) is 5.69. The van der Waals surface area contributed by atoms with E-state index >= 15 is 0 Å². The summed E-state index contributed by atoms with van der Waals surface area (Å²) in [6.07, 6.45) is 0.964. The molecule has 27 heavy (non-hydrogen) atoms. The topological polar surface area (TPSA) is 121 Å². The maximum Gasteiger partial charge on any atom is 0.294 e. The molecular weight excluding hydrogens is 358 g/mol. The maximum absolute atomic E-state index is 12.8. The number of ether oxygens (including phenoxy) is 2. The Morgan fingerprint density at radius 3 is 2.67 bits per heavy atom. The molecule has 0 aliphatic heterocycles. The van der Waals surface area contributed by atoms with Crippen molar-refractivity contribution in [2.24, 2.45) is 0 Å². The molecule has 2 aromatic carbocycles. The van der Waals surface area contributed by atoms with Crippen LogP contribution in [0.15, 0.2) is 39.5 Å². The molecule has 0 atom stereocenters. The number of rotatable bonds is 8. The quantitative estimate of drug-likeness (QED) is 0.276. The minimum Gasteiger partial charge on any atom is -0.507 e. The molecular formula is C18H17NO8. The van der Waals surface area contributed by atoms with Gasteiger partial charge in [0.05, 0.1) is 20.3 Å². The van der Waals surface area contributed by atoms with Gasteiger partial charge in [-0.15, -0.1) is 10.1 Å². The van der Waals surface area contributed by atoms with E-state index in [0.29, 0.717) is 29.9 Å². The van der Waals surface area contributed by atoms with Gasteiger partial charge in [-0.2, -0.15) is 0 Å². The minimum absolute atomic E-state index is 0.0119. The summed E-state index contributed by atoms with van der Waals surface area (Å²) >= 11 is 0. The number of phenolic OH excluding ortho intramolecular Hbond substituents is 1. The molecule has 0 aliphatic carbocycles. The molecule has 0 bridgehead atoms. The SMILES string of the molecule is COc1cccc2oc3cc(OCCCCO[N+](=O)[O-])cc(O)c3c(=O)c12. The van der Waals surface area contributed by atoms with Crippen LogP contribution in [-0.4, -0.2) is 30.5 Å². The van der Waals surface area contributed by atoms with Gasteiger partial charge in [0, 0.05) is 12.1 Å². The van der Waals surface area contributed by atoms with Crippen molar-refractivity contribution in [3.8, 4) is 17.2 Å². The largest absolute Gasteiger partial charge is 0.507 e. The number of nitrogens with zero attached hydrogens (tertiary/aromatic N) is 1. The van der Waals surface area contributed by atoms with Gasteiger partial charge in [0.1, 0.15) is 39.2 Å². The van der Waals surface area contributed by atoms with Gasteiger partial charge < -0.3 is 23.8 Å². The highest BCUT2D eigenvalue weighted by atomic mass is 16.9. The van der Waals surface area contributed by atoms with Crippen LogP contribution in [0.25, 0.3) is 21.9 Å². The van der Waals surface area contributed by atoms with E-state index in [1.807, 2.05) is 0 Å². The summed E-state index contributed by atoms with van der Waals surface area (Å²) in [7, 11) is 1.45. The van der Waals surface area contributed by atoms with E-state index in [2.05, 4.69) is 4.84 Å². The number of hydrogen-bond donors (Lipinski definition) is 1. The van der Waals surface area contributed by atoms with Gasteiger partial charge in [0.2, 0.25) is 5.43 Å². The molecule has 1 heterocycles. The van der Waals surface area contributed by atoms with Gasteiger partial charge in [-0.3, -0.25) is 4.79 Å². The van der Waals surface area contributed by atoms with Crippen molar-refractivity contribution in [1.29, 1.82) is 0 Å². The molecule has 142 valence electrons. The Balaban J connectivity index is 1.85. The molecule has 9 heteroatoms. The monoisotopic (exact) mass is 375 g/mol. The summed E-state index contributed by atoms with van der Waals surface area (Å²) in [4.78, 5) is 27.0. The van der Waals surface area contributed by atoms with E-state index in [-0.39, 0.29) is 35.3 Å². The second-order valence-electron chi connectivity index (χ2n) is 5.69. The van der Waals surface area contributed by atoms with Crippen molar-refractivity contribution in [3.63, 3.8) is 0 Å². The predicted molar refractivity (Wildman–Crippen MR) is 95.9 cm³/mol. The molecule has 9 nitrogen and oxygen atoms in total. The zero-order valence-corrected chi connectivity index (χ0v) is 14.5. The Kier molecular flexibility index (Phi) is 5.30. The molecule has 0 amide bonds. The fraction of sp³-hybridized carbons (Fsp3) is 0.278. The van der Waals surface area contributed by atoms with Crippen molar-refractivity contribution >= 4 is 21.9 Å². The van der Waals surface area contributed by atoms with Crippen LogP contribution < -0.4 is 14.9 Å². The first kappa shape index (κ1) is 18.3. The van der Waals surface area contributed by atoms with Crippen LogP contribution in [0.3, 0.4) is 0 Å². The Morgan fingerprint density at radius 1 is 1.15 bits per heavy atom. The third-order valence-electron chi connectivity index (χ3n) is 3.94. The molecule has 1 N–H and O–H groups in total. The summed E-state index contributed by atoms with van der Waals surface area (Å²) in [5.74, 6) is 0.418. The van der Waals surface area contributed by atoms with Crippen molar-refractivity contribution in [1.82, 2.24) is 0 Å². The number of benzene rings is 2. The van der Waals surface area contributed by atoms with Crippen molar-refractivity contribution < 1.29 is 28.9 Å². The van der Waals surface area contributed by atoms with Gasteiger partial charge in [-0.05, 0) is 25.0 Å². The lowest BCUT2D eigenvalue weighted by atomic mass is 10.1. The van der Waals surface area contributed by atoms with Crippen LogP contribution in [0.1, 0.15) is 12.8 Å². The molecule has 0 spiro atoms. The normalized spacial score (nSPS) is 10.9. The van der Waals surface area contributed by atoms with E-state index in [0.717, 1.165) is 0 Å². The van der Waals surface area contributed by atoms with E-state index in [4.69, 9.17) is 13.9 Å². The van der Waals surface area contributed by atoms with Gasteiger partial charge >= 0.3 is 0 Å². The highest BCUT2D eigenvalue weighted by Crippen LogP contribution is 2.32. The first-order valence-electron chi connectivity index (χ1n) is 8.18. The predicted octanol–water partition coefficient (Wildman–Crippen LogP) is 3.03. The number of hydrogen-bond acceptors (Lipinski definition) is 8. The lowest BCUT2D eigenvalue weighted by Crippen LogP contribution is -2.06. The van der Waals surface area contributed by atoms with Gasteiger partial charge in [-0.1, -0.05) is 6.07 Å². The Morgan fingerprint density at radius 2 is 1.93 bits per heavy atom. The van der Waals surface area contributed by atoms with Crippen LogP contribution in [0.2, 0.25) is 0 Å². The van der Waals surface area contributed by atoms with Gasteiger partial charge in [0.15, 0.2) is 0 Å². The van der Waals surface area contributed by atoms with Crippen molar-refractivity contribution in [3.05, 3.63) is 50.7 Å². The second kappa shape index (κ2) is 7.81. The summed E-state index contributed by atoms with van der Waals surface area (Å²) < 4.78 is 16.5. The molecule has 0 saturated heterocycles. The molecule has 1 aromatic heterocycles. The molecule has 0 fully saturated rings. The third-order valence-corrected chi connectivity index (χ3v) is 3.94. The summed E-state index contributed by atoms with van der Waals surface area (Å²) in [5, 5.41) is 19.8. The molecule has 0 unspecified atom stereocenters. The number of methoxy groups -OCH3 is 1. The summed E-state index contributed by atoms with van der Waals surface area (Å²) in [5.41, 5.74) is 0.123. The van der Waals surface area contributed by atoms with Gasteiger partial charge in [0.25, 0.3) is 5.09 Å². The molecule has 0 radical (unpaired) electrons. The summed E-state index contributed by atoms with van der Waals surface area (Å²) in [6, 6.07) is 7.82. The Bertz CT molecular complexity index is 1040. The molecule has 3 rings (SSSR count). The van der Waals surface area contributed by atoms with Crippen LogP contribution in [0.4, 0.5) is 0 Å². The fourth-order valence-electron chi connectivity index (χ4n) is 2.73. The average Bonchev–Trinajstić information content (AvgIpc) is 2.63. The highest BCUT2D eigenvalue weighted by molar-refractivity contribution is 5.96. The minimum atomic E-state index is -0.844. The van der Waals surface area contributed by atoms with Crippen LogP contribution in [0.5, 0.6) is 17.2 Å². The van der Waals surface area contributed by atoms with Crippen LogP contribution in [-0.2, 0) is 4.84 Å². The highest BCUT2D eigenvalue weighted by Gasteiger charge is 2.16. The number of phenols is 1. The van der Waals surface area contributed by atoms with E-state index < -0.39 is 10.5 Å². The zero-order valence-electron chi connectivity index (χ0n) is 14.5. The average molecular weight is 375 g/mol. The van der Waals surface area contributed by atoms with E-state index in [1.54, 1.807) is 18.2 Å². The third kappa shape index (κ3) is 3.86. The standard InChI is InChI=1S/C18H17NO8/c1-24-13-5-4-6-14-17(13)18(21)16-12(20)9-11(10-15(16)27-14)25-7-2-3-8-26-19(22)23/h4-6,9-10,20H,2-3,7-8H2,1H3. The van der Waals surface area contributed by atoms with Crippen LogP contribution >= 0.6 is 0 Å². The number of fused-ring (bicyclic) bond motifs is 2. The fourth-order valence-corrected chi connectivity index (χ4v) is 2.73. The van der Waals surface area contributed by atoms with Crippen LogP contribution in [0, 0.1) is 10.1 Å². The zero-order chi connectivity index (χ0) is 19.4. The number of unbranched alkanes of at least 4 members (excludes halogenated alkanes) is 1. The van der Waals surface area contributed by atoms with E-state index in [1.165, 1.54) is 19.2 Å². The lowest BCUT2D eigenvalue weighted by molar-refractivity contribution is -0.757.